The van der Waals surface area contributed by atoms with Crippen LogP contribution in [0, 0.1) is 0 Å². The highest BCUT2D eigenvalue weighted by atomic mass is 16.5. The third-order valence-electron chi connectivity index (χ3n) is 1.28. The number of esters is 1. The first-order valence-corrected chi connectivity index (χ1v) is 3.56. The molecule has 0 radical (unpaired) electrons. The van der Waals surface area contributed by atoms with E-state index in [-0.39, 0.29) is 12.5 Å². The quantitative estimate of drug-likeness (QED) is 0.450. The van der Waals surface area contributed by atoms with Gasteiger partial charge in [0.15, 0.2) is 0 Å². The van der Waals surface area contributed by atoms with Gasteiger partial charge in [0.1, 0.15) is 6.54 Å². The number of allylic oxidation sites excluding steroid dienone is 1. The van der Waals surface area contributed by atoms with Gasteiger partial charge in [-0.05, 0) is 13.0 Å². The first-order chi connectivity index (χ1) is 5.61. The average molecular weight is 171 g/mol. The summed E-state index contributed by atoms with van der Waals surface area (Å²) in [5.41, 5.74) is 0. The summed E-state index contributed by atoms with van der Waals surface area (Å²) in [7, 11) is 2.83. The maximum absolute atomic E-state index is 11.0. The van der Waals surface area contributed by atoms with Crippen LogP contribution in [0.5, 0.6) is 0 Å². The zero-order chi connectivity index (χ0) is 9.56. The molecule has 0 bridgehead atoms. The molecule has 0 aromatic heterocycles. The van der Waals surface area contributed by atoms with Gasteiger partial charge in [-0.3, -0.25) is 9.59 Å². The van der Waals surface area contributed by atoms with Crippen molar-refractivity contribution < 1.29 is 14.3 Å². The molecular formula is C8H13NO3. The lowest BCUT2D eigenvalue weighted by Gasteiger charge is -2.12. The second-order valence-corrected chi connectivity index (χ2v) is 2.27. The molecular weight excluding hydrogens is 158 g/mol. The molecule has 0 rings (SSSR count). The highest BCUT2D eigenvalue weighted by Crippen LogP contribution is 1.87. The van der Waals surface area contributed by atoms with Crippen LogP contribution in [0.1, 0.15) is 6.92 Å². The Morgan fingerprint density at radius 3 is 2.50 bits per heavy atom. The number of methoxy groups -OCH3 is 1. The topological polar surface area (TPSA) is 46.6 Å². The normalized spacial score (nSPS) is 9.92. The van der Waals surface area contributed by atoms with E-state index < -0.39 is 5.97 Å². The number of carbonyl (C=O) groups excluding carboxylic acids is 2. The highest BCUT2D eigenvalue weighted by Gasteiger charge is 2.09. The predicted octanol–water partition coefficient (Wildman–Crippen LogP) is 0.194. The SMILES string of the molecule is CC=CC(=O)N(C)CC(=O)OC. The van der Waals surface area contributed by atoms with Crippen LogP contribution < -0.4 is 0 Å². The summed E-state index contributed by atoms with van der Waals surface area (Å²) < 4.78 is 4.39. The monoisotopic (exact) mass is 171 g/mol. The van der Waals surface area contributed by atoms with Crippen LogP contribution in [-0.4, -0.2) is 37.5 Å². The second-order valence-electron chi connectivity index (χ2n) is 2.27. The summed E-state index contributed by atoms with van der Waals surface area (Å²) >= 11 is 0. The molecule has 0 saturated heterocycles. The van der Waals surface area contributed by atoms with Crippen LogP contribution in [0.3, 0.4) is 0 Å². The molecule has 1 amide bonds. The molecule has 4 nitrogen and oxygen atoms in total. The predicted molar refractivity (Wildman–Crippen MR) is 44.5 cm³/mol. The molecule has 0 heterocycles. The molecule has 0 aliphatic carbocycles. The Hall–Kier alpha value is -1.32. The van der Waals surface area contributed by atoms with Crippen molar-refractivity contribution in [2.45, 2.75) is 6.92 Å². The van der Waals surface area contributed by atoms with Crippen molar-refractivity contribution in [3.05, 3.63) is 12.2 Å². The fraction of sp³-hybridized carbons (Fsp3) is 0.500. The van der Waals surface area contributed by atoms with E-state index in [9.17, 15) is 9.59 Å². The van der Waals surface area contributed by atoms with Gasteiger partial charge in [-0.2, -0.15) is 0 Å². The van der Waals surface area contributed by atoms with Gasteiger partial charge in [-0.1, -0.05) is 6.08 Å². The number of likely N-dealkylation sites (N-methyl/N-ethyl adjacent to an activating group) is 1. The third kappa shape index (κ3) is 3.75. The van der Waals surface area contributed by atoms with Crippen molar-refractivity contribution in [2.24, 2.45) is 0 Å². The van der Waals surface area contributed by atoms with Gasteiger partial charge < -0.3 is 9.64 Å². The van der Waals surface area contributed by atoms with Gasteiger partial charge in [0.05, 0.1) is 7.11 Å². The maximum atomic E-state index is 11.0. The Labute approximate surface area is 71.8 Å². The second kappa shape index (κ2) is 5.35. The lowest BCUT2D eigenvalue weighted by molar-refractivity contribution is -0.144. The summed E-state index contributed by atoms with van der Waals surface area (Å²) in [6.07, 6.45) is 3.01. The van der Waals surface area contributed by atoms with Crippen molar-refractivity contribution >= 4 is 11.9 Å². The zero-order valence-electron chi connectivity index (χ0n) is 7.53. The molecule has 4 heteroatoms. The van der Waals surface area contributed by atoms with Crippen molar-refractivity contribution in [1.29, 1.82) is 0 Å². The van der Waals surface area contributed by atoms with E-state index >= 15 is 0 Å². The van der Waals surface area contributed by atoms with Crippen LogP contribution in [0.4, 0.5) is 0 Å². The van der Waals surface area contributed by atoms with Crippen molar-refractivity contribution in [1.82, 2.24) is 4.90 Å². The molecule has 68 valence electrons. The largest absolute Gasteiger partial charge is 0.468 e. The molecule has 0 N–H and O–H groups in total. The molecule has 0 spiro atoms. The molecule has 12 heavy (non-hydrogen) atoms. The standard InChI is InChI=1S/C8H13NO3/c1-4-5-7(10)9(2)6-8(11)12-3/h4-5H,6H2,1-3H3. The Balaban J connectivity index is 3.95. The highest BCUT2D eigenvalue weighted by molar-refractivity contribution is 5.89. The van der Waals surface area contributed by atoms with Gasteiger partial charge in [0.2, 0.25) is 5.91 Å². The molecule has 0 fully saturated rings. The number of hydrogen-bond donors (Lipinski definition) is 0. The number of amides is 1. The van der Waals surface area contributed by atoms with Gasteiger partial charge >= 0.3 is 5.97 Å². The molecule has 0 aromatic carbocycles. The van der Waals surface area contributed by atoms with Gasteiger partial charge in [0, 0.05) is 7.05 Å². The Morgan fingerprint density at radius 1 is 1.50 bits per heavy atom. The smallest absolute Gasteiger partial charge is 0.325 e. The van der Waals surface area contributed by atoms with Crippen molar-refractivity contribution in [3.8, 4) is 0 Å². The summed E-state index contributed by atoms with van der Waals surface area (Å²) in [4.78, 5) is 23.0. The van der Waals surface area contributed by atoms with Gasteiger partial charge in [-0.15, -0.1) is 0 Å². The zero-order valence-corrected chi connectivity index (χ0v) is 7.53. The third-order valence-corrected chi connectivity index (χ3v) is 1.28. The van der Waals surface area contributed by atoms with Crippen LogP contribution in [-0.2, 0) is 14.3 Å². The lowest BCUT2D eigenvalue weighted by atomic mass is 10.4. The fourth-order valence-electron chi connectivity index (χ4n) is 0.606. The van der Waals surface area contributed by atoms with E-state index in [4.69, 9.17) is 0 Å². The van der Waals surface area contributed by atoms with Crippen molar-refractivity contribution in [2.75, 3.05) is 20.7 Å². The van der Waals surface area contributed by atoms with Gasteiger partial charge in [-0.25, -0.2) is 0 Å². The maximum Gasteiger partial charge on any atom is 0.325 e. The summed E-state index contributed by atoms with van der Waals surface area (Å²) in [6.45, 7) is 1.73. The Morgan fingerprint density at radius 2 is 2.08 bits per heavy atom. The van der Waals surface area contributed by atoms with Gasteiger partial charge in [0.25, 0.3) is 0 Å². The number of hydrogen-bond acceptors (Lipinski definition) is 3. The summed E-state index contributed by atoms with van der Waals surface area (Å²) in [6, 6.07) is 0. The molecule has 0 unspecified atom stereocenters. The number of ether oxygens (including phenoxy) is 1. The number of rotatable bonds is 3. The minimum Gasteiger partial charge on any atom is -0.468 e. The molecule has 0 aliphatic heterocycles. The Kier molecular flexibility index (Phi) is 4.76. The number of nitrogens with zero attached hydrogens (tertiary/aromatic N) is 1. The average Bonchev–Trinajstić information content (AvgIpc) is 2.04. The minimum absolute atomic E-state index is 0.0142. The first-order valence-electron chi connectivity index (χ1n) is 3.56. The van der Waals surface area contributed by atoms with E-state index in [0.717, 1.165) is 0 Å². The van der Waals surface area contributed by atoms with E-state index in [1.54, 1.807) is 20.0 Å². The summed E-state index contributed by atoms with van der Waals surface area (Å²) in [5, 5.41) is 0. The van der Waals surface area contributed by atoms with E-state index in [0.29, 0.717) is 0 Å². The molecule has 0 aromatic rings. The van der Waals surface area contributed by atoms with Crippen LogP contribution in [0.15, 0.2) is 12.2 Å². The van der Waals surface area contributed by atoms with Crippen molar-refractivity contribution in [3.63, 3.8) is 0 Å². The Bertz CT molecular complexity index is 198. The van der Waals surface area contributed by atoms with E-state index in [1.165, 1.54) is 18.1 Å². The first kappa shape index (κ1) is 10.7. The van der Waals surface area contributed by atoms with Crippen LogP contribution in [0.25, 0.3) is 0 Å². The molecule has 0 saturated carbocycles. The van der Waals surface area contributed by atoms with E-state index in [2.05, 4.69) is 4.74 Å². The molecule has 0 atom stereocenters. The summed E-state index contributed by atoms with van der Waals surface area (Å²) in [5.74, 6) is -0.627. The fourth-order valence-corrected chi connectivity index (χ4v) is 0.606. The minimum atomic E-state index is -0.421. The van der Waals surface area contributed by atoms with Crippen LogP contribution in [0.2, 0.25) is 0 Å². The molecule has 0 aliphatic rings. The van der Waals surface area contributed by atoms with E-state index in [1.807, 2.05) is 0 Å². The number of carbonyl (C=O) groups is 2. The lowest BCUT2D eigenvalue weighted by Crippen LogP contribution is -2.31. The van der Waals surface area contributed by atoms with Crippen LogP contribution >= 0.6 is 0 Å².